The number of allylic oxidation sites excluding steroid dienone is 1. The van der Waals surface area contributed by atoms with Gasteiger partial charge in [0.15, 0.2) is 0 Å². The summed E-state index contributed by atoms with van der Waals surface area (Å²) in [6.45, 7) is 9.94. The van der Waals surface area contributed by atoms with E-state index in [0.717, 1.165) is 49.4 Å². The van der Waals surface area contributed by atoms with Gasteiger partial charge in [-0.2, -0.15) is 0 Å². The number of aliphatic hydroxyl groups is 2. The first-order valence-corrected chi connectivity index (χ1v) is 12.9. The Hall–Kier alpha value is -0.540. The Bertz CT molecular complexity index is 700. The fourth-order valence-electron chi connectivity index (χ4n) is 9.29. The van der Waals surface area contributed by atoms with Gasteiger partial charge in [0.1, 0.15) is 6.10 Å². The predicted octanol–water partition coefficient (Wildman–Crippen LogP) is 5.70. The van der Waals surface area contributed by atoms with Crippen LogP contribution in [0.1, 0.15) is 91.9 Å². The molecule has 0 aromatic carbocycles. The molecule has 0 bridgehead atoms. The second kappa shape index (κ2) is 7.51. The van der Waals surface area contributed by atoms with E-state index in [2.05, 4.69) is 27.7 Å². The maximum Gasteiger partial charge on any atom is 0.106 e. The first-order valence-electron chi connectivity index (χ1n) is 12.9. The summed E-state index contributed by atoms with van der Waals surface area (Å²) < 4.78 is 6.64. The number of fused-ring (bicyclic) bond motifs is 7. The first-order chi connectivity index (χ1) is 14.3. The van der Waals surface area contributed by atoms with Crippen LogP contribution in [0.4, 0.5) is 0 Å². The van der Waals surface area contributed by atoms with Gasteiger partial charge in [0.05, 0.1) is 11.9 Å². The van der Waals surface area contributed by atoms with Crippen LogP contribution in [0, 0.1) is 46.3 Å². The van der Waals surface area contributed by atoms with Gasteiger partial charge in [-0.1, -0.05) is 20.8 Å². The molecule has 4 saturated carbocycles. The van der Waals surface area contributed by atoms with Gasteiger partial charge < -0.3 is 14.9 Å². The van der Waals surface area contributed by atoms with E-state index < -0.39 is 0 Å². The quantitative estimate of drug-likeness (QED) is 0.618. The lowest BCUT2D eigenvalue weighted by Gasteiger charge is -2.60. The Morgan fingerprint density at radius 2 is 1.80 bits per heavy atom. The van der Waals surface area contributed by atoms with Crippen molar-refractivity contribution in [1.82, 2.24) is 0 Å². The lowest BCUT2D eigenvalue weighted by molar-refractivity contribution is -0.124. The average Bonchev–Trinajstić information content (AvgIpc) is 3.20. The van der Waals surface area contributed by atoms with Gasteiger partial charge in [0.25, 0.3) is 0 Å². The molecule has 0 spiro atoms. The standard InChI is InChI=1S/C27H44O3/c1-16(15-28)5-8-23-17(2)25-24(30-23)14-22-20-7-6-18-13-19(29)9-11-26(18,3)21(20)10-12-27(22,25)4/h16,18-22,24-25,28-29H,5-15H2,1-4H3/t16-,18+,19-,20+,21-,22-,24-,25-,26-,27-/m0/s1. The predicted molar refractivity (Wildman–Crippen MR) is 120 cm³/mol. The van der Waals surface area contributed by atoms with Crippen molar-refractivity contribution in [3.05, 3.63) is 11.3 Å². The third kappa shape index (κ3) is 3.04. The van der Waals surface area contributed by atoms with E-state index in [1.165, 1.54) is 49.9 Å². The summed E-state index contributed by atoms with van der Waals surface area (Å²) >= 11 is 0. The maximum absolute atomic E-state index is 10.3. The molecule has 0 saturated heterocycles. The Morgan fingerprint density at radius 1 is 1.03 bits per heavy atom. The van der Waals surface area contributed by atoms with Crippen LogP contribution < -0.4 is 0 Å². The van der Waals surface area contributed by atoms with Crippen LogP contribution in [-0.4, -0.2) is 29.0 Å². The summed E-state index contributed by atoms with van der Waals surface area (Å²) in [6, 6.07) is 0. The molecule has 0 aromatic heterocycles. The van der Waals surface area contributed by atoms with E-state index in [1.54, 1.807) is 0 Å². The Kier molecular flexibility index (Phi) is 5.33. The minimum absolute atomic E-state index is 0.0486. The van der Waals surface area contributed by atoms with E-state index in [9.17, 15) is 10.2 Å². The van der Waals surface area contributed by atoms with Crippen molar-refractivity contribution in [2.24, 2.45) is 46.3 Å². The lowest BCUT2D eigenvalue weighted by atomic mass is 9.44. The Balaban J connectivity index is 1.36. The molecule has 5 aliphatic rings. The molecule has 0 radical (unpaired) electrons. The second-order valence-electron chi connectivity index (χ2n) is 12.4. The molecule has 0 unspecified atom stereocenters. The van der Waals surface area contributed by atoms with Crippen molar-refractivity contribution >= 4 is 0 Å². The lowest BCUT2D eigenvalue weighted by Crippen LogP contribution is -2.54. The van der Waals surface area contributed by atoms with Crippen molar-refractivity contribution in [2.75, 3.05) is 6.61 Å². The van der Waals surface area contributed by atoms with Crippen LogP contribution in [0.3, 0.4) is 0 Å². The van der Waals surface area contributed by atoms with Gasteiger partial charge in [0.2, 0.25) is 0 Å². The average molecular weight is 417 g/mol. The van der Waals surface area contributed by atoms with Crippen LogP contribution >= 0.6 is 0 Å². The second-order valence-corrected chi connectivity index (χ2v) is 12.4. The SMILES string of the molecule is CC1=C(CC[C@H](C)CO)O[C@H]2C[C@H]3[C@@H]4CC[C@@H]5C[C@@H](O)CC[C@]5(C)[C@H]4CC[C@]3(C)[C@@H]12. The molecule has 4 fully saturated rings. The van der Waals surface area contributed by atoms with Crippen LogP contribution in [-0.2, 0) is 4.74 Å². The minimum Gasteiger partial charge on any atom is -0.494 e. The van der Waals surface area contributed by atoms with E-state index in [4.69, 9.17) is 4.74 Å². The molecule has 30 heavy (non-hydrogen) atoms. The third-order valence-corrected chi connectivity index (χ3v) is 11.0. The van der Waals surface area contributed by atoms with Gasteiger partial charge in [-0.05, 0) is 111 Å². The number of rotatable bonds is 4. The number of aliphatic hydroxyl groups excluding tert-OH is 2. The molecule has 1 aliphatic heterocycles. The highest BCUT2D eigenvalue weighted by molar-refractivity contribution is 5.26. The van der Waals surface area contributed by atoms with Crippen LogP contribution in [0.2, 0.25) is 0 Å². The van der Waals surface area contributed by atoms with Gasteiger partial charge >= 0.3 is 0 Å². The highest BCUT2D eigenvalue weighted by Crippen LogP contribution is 2.69. The minimum atomic E-state index is -0.0486. The summed E-state index contributed by atoms with van der Waals surface area (Å²) in [5.41, 5.74) is 2.39. The van der Waals surface area contributed by atoms with Gasteiger partial charge in [-0.15, -0.1) is 0 Å². The monoisotopic (exact) mass is 416 g/mol. The fraction of sp³-hybridized carbons (Fsp3) is 0.926. The number of hydrogen-bond acceptors (Lipinski definition) is 3. The molecule has 3 nitrogen and oxygen atoms in total. The van der Waals surface area contributed by atoms with Gasteiger partial charge in [-0.3, -0.25) is 0 Å². The summed E-state index contributed by atoms with van der Waals surface area (Å²) in [5, 5.41) is 19.7. The number of hydrogen-bond donors (Lipinski definition) is 2. The Labute approximate surface area is 183 Å². The zero-order chi connectivity index (χ0) is 21.3. The molecule has 4 aliphatic carbocycles. The Morgan fingerprint density at radius 3 is 2.57 bits per heavy atom. The summed E-state index contributed by atoms with van der Waals surface area (Å²) in [7, 11) is 0. The molecule has 5 rings (SSSR count). The molecule has 170 valence electrons. The molecule has 0 aromatic rings. The van der Waals surface area contributed by atoms with Crippen molar-refractivity contribution < 1.29 is 14.9 Å². The molecular weight excluding hydrogens is 372 g/mol. The number of ether oxygens (including phenoxy) is 1. The normalized spacial score (nSPS) is 50.9. The third-order valence-electron chi connectivity index (χ3n) is 11.0. The summed E-state index contributed by atoms with van der Waals surface area (Å²) in [4.78, 5) is 0. The molecular formula is C27H44O3. The highest BCUT2D eigenvalue weighted by Gasteiger charge is 2.64. The van der Waals surface area contributed by atoms with Crippen molar-refractivity contribution in [2.45, 2.75) is 104 Å². The van der Waals surface area contributed by atoms with Crippen LogP contribution in [0.25, 0.3) is 0 Å². The fourth-order valence-corrected chi connectivity index (χ4v) is 9.29. The van der Waals surface area contributed by atoms with E-state index in [0.29, 0.717) is 28.8 Å². The molecule has 2 N–H and O–H groups in total. The van der Waals surface area contributed by atoms with Gasteiger partial charge in [0, 0.05) is 18.9 Å². The van der Waals surface area contributed by atoms with Crippen LogP contribution in [0.15, 0.2) is 11.3 Å². The summed E-state index contributed by atoms with van der Waals surface area (Å²) in [6.07, 6.45) is 12.4. The van der Waals surface area contributed by atoms with Crippen LogP contribution in [0.5, 0.6) is 0 Å². The molecule has 0 amide bonds. The maximum atomic E-state index is 10.3. The molecule has 1 heterocycles. The first kappa shape index (κ1) is 21.3. The molecule has 10 atom stereocenters. The van der Waals surface area contributed by atoms with Crippen molar-refractivity contribution in [3.8, 4) is 0 Å². The van der Waals surface area contributed by atoms with Gasteiger partial charge in [-0.25, -0.2) is 0 Å². The van der Waals surface area contributed by atoms with E-state index in [-0.39, 0.29) is 12.7 Å². The summed E-state index contributed by atoms with van der Waals surface area (Å²) in [5.74, 6) is 5.49. The largest absolute Gasteiger partial charge is 0.494 e. The van der Waals surface area contributed by atoms with Crippen molar-refractivity contribution in [1.29, 1.82) is 0 Å². The topological polar surface area (TPSA) is 49.7 Å². The molecule has 3 heteroatoms. The zero-order valence-electron chi connectivity index (χ0n) is 19.7. The smallest absolute Gasteiger partial charge is 0.106 e. The van der Waals surface area contributed by atoms with Crippen molar-refractivity contribution in [3.63, 3.8) is 0 Å². The highest BCUT2D eigenvalue weighted by atomic mass is 16.5. The van der Waals surface area contributed by atoms with E-state index >= 15 is 0 Å². The zero-order valence-corrected chi connectivity index (χ0v) is 19.7. The van der Waals surface area contributed by atoms with E-state index in [1.807, 2.05) is 0 Å².